The Morgan fingerprint density at radius 3 is 2.65 bits per heavy atom. The van der Waals surface area contributed by atoms with E-state index in [1.807, 2.05) is 19.2 Å². The van der Waals surface area contributed by atoms with Crippen molar-refractivity contribution in [3.63, 3.8) is 0 Å². The summed E-state index contributed by atoms with van der Waals surface area (Å²) >= 11 is 1.56. The van der Waals surface area contributed by atoms with Gasteiger partial charge in [0.1, 0.15) is 11.1 Å². The first-order valence-corrected chi connectivity index (χ1v) is 12.0. The normalized spacial score (nSPS) is 20.4. The Kier molecular flexibility index (Phi) is 8.59. The fraction of sp³-hybridized carbons (Fsp3) is 0.500. The highest BCUT2D eigenvalue weighted by Gasteiger charge is 2.39. The maximum atomic E-state index is 9.75. The molecule has 0 aliphatic heterocycles. The fourth-order valence-electron chi connectivity index (χ4n) is 4.12. The van der Waals surface area contributed by atoms with Gasteiger partial charge in [0.05, 0.1) is 11.3 Å². The number of aliphatic imine (C=N–C) groups is 2. The second kappa shape index (κ2) is 10.7. The summed E-state index contributed by atoms with van der Waals surface area (Å²) in [6, 6.07) is 2.35. The number of hydrogen-bond donors (Lipinski definition) is 1. The zero-order valence-electron chi connectivity index (χ0n) is 19.9. The first kappa shape index (κ1) is 24.8. The number of nitrogens with two attached hydrogens (primary N) is 1. The number of hydrogen-bond acceptors (Lipinski definition) is 5. The van der Waals surface area contributed by atoms with E-state index >= 15 is 0 Å². The third-order valence-electron chi connectivity index (χ3n) is 6.25. The molecule has 1 heterocycles. The molecule has 0 radical (unpaired) electrons. The average Bonchev–Trinajstić information content (AvgIpc) is 3.07. The van der Waals surface area contributed by atoms with Crippen LogP contribution in [0.2, 0.25) is 0 Å². The molecule has 0 fully saturated rings. The summed E-state index contributed by atoms with van der Waals surface area (Å²) in [7, 11) is 0. The largest absolute Gasteiger partial charge is 0.389 e. The number of thiophene rings is 1. The molecular weight excluding hydrogens is 400 g/mol. The van der Waals surface area contributed by atoms with Crippen LogP contribution < -0.4 is 5.73 Å². The van der Waals surface area contributed by atoms with E-state index in [0.717, 1.165) is 66.8 Å². The molecule has 4 nitrogen and oxygen atoms in total. The molecule has 1 aromatic rings. The number of allylic oxidation sites excluding steroid dienone is 2. The molecule has 1 aliphatic carbocycles. The van der Waals surface area contributed by atoms with Gasteiger partial charge in [-0.1, -0.05) is 33.8 Å². The van der Waals surface area contributed by atoms with Crippen LogP contribution >= 0.6 is 11.3 Å². The number of nitriles is 1. The van der Waals surface area contributed by atoms with Crippen LogP contribution in [0, 0.1) is 11.3 Å². The summed E-state index contributed by atoms with van der Waals surface area (Å²) in [4.78, 5) is 10.9. The predicted octanol–water partition coefficient (Wildman–Crippen LogP) is 7.27. The molecule has 0 bridgehead atoms. The van der Waals surface area contributed by atoms with Crippen LogP contribution in [0.5, 0.6) is 0 Å². The van der Waals surface area contributed by atoms with Crippen LogP contribution in [0.15, 0.2) is 45.7 Å². The summed E-state index contributed by atoms with van der Waals surface area (Å²) in [5.74, 6) is 0. The molecule has 31 heavy (non-hydrogen) atoms. The smallest absolute Gasteiger partial charge is 0.104 e. The number of rotatable bonds is 8. The van der Waals surface area contributed by atoms with Gasteiger partial charge in [0.2, 0.25) is 0 Å². The van der Waals surface area contributed by atoms with Gasteiger partial charge >= 0.3 is 0 Å². The monoisotopic (exact) mass is 436 g/mol. The topological polar surface area (TPSA) is 74.5 Å². The summed E-state index contributed by atoms with van der Waals surface area (Å²) in [6.45, 7) is 17.0. The lowest BCUT2D eigenvalue weighted by Gasteiger charge is -2.35. The second-order valence-electron chi connectivity index (χ2n) is 8.57. The van der Waals surface area contributed by atoms with Gasteiger partial charge in [0.15, 0.2) is 0 Å². The van der Waals surface area contributed by atoms with E-state index in [-0.39, 0.29) is 5.41 Å². The average molecular weight is 437 g/mol. The van der Waals surface area contributed by atoms with E-state index in [0.29, 0.717) is 10.6 Å². The van der Waals surface area contributed by atoms with Crippen LogP contribution in [-0.4, -0.2) is 11.4 Å². The third kappa shape index (κ3) is 5.43. The van der Waals surface area contributed by atoms with E-state index in [4.69, 9.17) is 10.7 Å². The van der Waals surface area contributed by atoms with E-state index < -0.39 is 0 Å². The van der Waals surface area contributed by atoms with Gasteiger partial charge in [-0.05, 0) is 75.7 Å². The molecule has 0 saturated heterocycles. The minimum Gasteiger partial charge on any atom is -0.389 e. The van der Waals surface area contributed by atoms with Crippen molar-refractivity contribution < 1.29 is 0 Å². The number of aryl methyl sites for hydroxylation is 1. The van der Waals surface area contributed by atoms with Crippen LogP contribution in [-0.2, 0) is 11.8 Å². The van der Waals surface area contributed by atoms with Gasteiger partial charge in [-0.3, -0.25) is 9.98 Å². The number of anilines is 1. The Morgan fingerprint density at radius 2 is 2.03 bits per heavy atom. The summed E-state index contributed by atoms with van der Waals surface area (Å²) in [5, 5.41) is 10.4. The zero-order valence-corrected chi connectivity index (χ0v) is 20.7. The number of nitrogens with zero attached hydrogens (tertiary/aromatic N) is 3. The molecule has 1 aliphatic rings. The van der Waals surface area contributed by atoms with E-state index in [1.165, 1.54) is 10.5 Å². The molecule has 166 valence electrons. The maximum absolute atomic E-state index is 9.75. The van der Waals surface area contributed by atoms with Crippen molar-refractivity contribution in [1.29, 1.82) is 5.26 Å². The Morgan fingerprint density at radius 1 is 1.32 bits per heavy atom. The van der Waals surface area contributed by atoms with Crippen LogP contribution in [0.4, 0.5) is 5.00 Å². The molecule has 0 unspecified atom stereocenters. The van der Waals surface area contributed by atoms with Gasteiger partial charge in [0, 0.05) is 27.9 Å². The molecule has 1 aromatic heterocycles. The van der Waals surface area contributed by atoms with Gasteiger partial charge < -0.3 is 5.73 Å². The minimum absolute atomic E-state index is 0.300. The van der Waals surface area contributed by atoms with Gasteiger partial charge in [-0.25, -0.2) is 0 Å². The highest BCUT2D eigenvalue weighted by Crippen LogP contribution is 2.46. The highest BCUT2D eigenvalue weighted by molar-refractivity contribution is 7.16. The van der Waals surface area contributed by atoms with Crippen LogP contribution in [0.3, 0.4) is 0 Å². The Balaban J connectivity index is 2.48. The van der Waals surface area contributed by atoms with Crippen molar-refractivity contribution in [3.8, 4) is 6.07 Å². The Hall–Kier alpha value is -2.45. The number of nitrogen functional groups attached to an aromatic ring is 1. The van der Waals surface area contributed by atoms with E-state index in [9.17, 15) is 5.26 Å². The summed E-state index contributed by atoms with van der Waals surface area (Å²) in [5.41, 5.74) is 12.7. The van der Waals surface area contributed by atoms with Crippen molar-refractivity contribution in [2.45, 2.75) is 85.5 Å². The first-order chi connectivity index (χ1) is 14.7. The molecule has 2 N–H and O–H groups in total. The van der Waals surface area contributed by atoms with Crippen molar-refractivity contribution in [2.24, 2.45) is 9.98 Å². The fourth-order valence-corrected chi connectivity index (χ4v) is 5.31. The summed E-state index contributed by atoms with van der Waals surface area (Å²) in [6.07, 6.45) is 9.77. The zero-order chi connectivity index (χ0) is 23.2. The lowest BCUT2D eigenvalue weighted by molar-refractivity contribution is 0.513. The molecule has 2 rings (SSSR count). The van der Waals surface area contributed by atoms with Gasteiger partial charge in [-0.2, -0.15) is 5.26 Å². The Labute approximate surface area is 192 Å². The van der Waals surface area contributed by atoms with Crippen molar-refractivity contribution in [3.05, 3.63) is 51.7 Å². The lowest BCUT2D eigenvalue weighted by atomic mass is 9.69. The standard InChI is InChI=1S/C26H36N4S/c1-8-11-19(5)29-15-13-18(4)24(17(3)9-2)30-20(6)26(7)14-10-12-22-23(26)21(16-27)25(28)31-22/h13,15H,4,8-12,14,28H2,1-3,5-7H3/b15-13-,24-17+,29-19?,30-20?/t26-/m1/s1. The van der Waals surface area contributed by atoms with Crippen LogP contribution in [0.25, 0.3) is 0 Å². The minimum atomic E-state index is -0.300. The predicted molar refractivity (Wildman–Crippen MR) is 136 cm³/mol. The molecule has 0 aromatic carbocycles. The van der Waals surface area contributed by atoms with E-state index in [2.05, 4.69) is 52.3 Å². The van der Waals surface area contributed by atoms with Crippen molar-refractivity contribution >= 4 is 27.8 Å². The molecule has 5 heteroatoms. The first-order valence-electron chi connectivity index (χ1n) is 11.2. The van der Waals surface area contributed by atoms with E-state index in [1.54, 1.807) is 11.3 Å². The second-order valence-corrected chi connectivity index (χ2v) is 9.71. The molecule has 1 atom stereocenters. The SMILES string of the molecule is C=C(/C=C\N=C(C)CCC)/C(N=C(C)[C@@]1(C)CCCc2sc(N)c(C#N)c21)=C(/C)CC. The number of fused-ring (bicyclic) bond motifs is 1. The van der Waals surface area contributed by atoms with Crippen LogP contribution in [0.1, 0.15) is 89.7 Å². The van der Waals surface area contributed by atoms with Gasteiger partial charge in [0.25, 0.3) is 0 Å². The van der Waals surface area contributed by atoms with Crippen molar-refractivity contribution in [2.75, 3.05) is 5.73 Å². The molecular formula is C26H36N4S. The van der Waals surface area contributed by atoms with Crippen molar-refractivity contribution in [1.82, 2.24) is 0 Å². The third-order valence-corrected chi connectivity index (χ3v) is 7.33. The molecule has 0 saturated carbocycles. The molecule has 0 amide bonds. The quantitative estimate of drug-likeness (QED) is 0.343. The Bertz CT molecular complexity index is 997. The maximum Gasteiger partial charge on any atom is 0.104 e. The molecule has 0 spiro atoms. The highest BCUT2D eigenvalue weighted by atomic mass is 32.1. The lowest BCUT2D eigenvalue weighted by Crippen LogP contribution is -2.35. The van der Waals surface area contributed by atoms with Gasteiger partial charge in [-0.15, -0.1) is 11.3 Å². The summed E-state index contributed by atoms with van der Waals surface area (Å²) < 4.78 is 0.